The number of hydrogen-bond donors (Lipinski definition) is 8. The van der Waals surface area contributed by atoms with Gasteiger partial charge in [-0.15, -0.1) is 12.4 Å². The summed E-state index contributed by atoms with van der Waals surface area (Å²) in [6.45, 7) is 24.6. The smallest absolute Gasteiger partial charge is 0.399 e. The van der Waals surface area contributed by atoms with Gasteiger partial charge in [0.2, 0.25) is 26.9 Å². The number of carbonyl (C=O) groups is 2. The molecule has 10 N–H and O–H groups in total. The molecule has 6 unspecified atom stereocenters. The zero-order valence-electron chi connectivity index (χ0n) is 64.2. The van der Waals surface area contributed by atoms with E-state index in [9.17, 15) is 41.4 Å². The van der Waals surface area contributed by atoms with Gasteiger partial charge >= 0.3 is 25.4 Å². The monoisotopic (exact) mass is 1620 g/mol. The molecule has 0 spiro atoms. The second-order valence-corrected chi connectivity index (χ2v) is 33.3. The molecule has 6 aliphatic heterocycles. The van der Waals surface area contributed by atoms with E-state index in [4.69, 9.17) is 68.2 Å². The van der Waals surface area contributed by atoms with Crippen molar-refractivity contribution < 1.29 is 64.9 Å². The Morgan fingerprint density at radius 2 is 1.04 bits per heavy atom. The van der Waals surface area contributed by atoms with Gasteiger partial charge in [-0.25, -0.2) is 37.9 Å². The van der Waals surface area contributed by atoms with E-state index in [-0.39, 0.29) is 59.6 Å². The fourth-order valence-corrected chi connectivity index (χ4v) is 15.2. The Bertz CT molecular complexity index is 3950. The first-order valence-electron chi connectivity index (χ1n) is 38.0. The number of hydrogen-bond acceptors (Lipinski definition) is 24. The number of urea groups is 2. The second kappa shape index (κ2) is 39.5. The Labute approximate surface area is 660 Å². The van der Waals surface area contributed by atoms with Crippen molar-refractivity contribution in [3.8, 4) is 11.3 Å². The van der Waals surface area contributed by atoms with Gasteiger partial charge < -0.3 is 91.0 Å². The maximum absolute atomic E-state index is 12.9. The molecule has 3 saturated carbocycles. The third-order valence-corrected chi connectivity index (χ3v) is 22.7. The summed E-state index contributed by atoms with van der Waals surface area (Å²) in [7, 11) is -4.01. The number of aliphatic hydroxyl groups excluding tert-OH is 2. The van der Waals surface area contributed by atoms with Gasteiger partial charge in [0.1, 0.15) is 27.8 Å². The number of aliphatic hydroxyl groups is 2. The van der Waals surface area contributed by atoms with Crippen LogP contribution in [-0.2, 0) is 33.4 Å². The molecular formula is C74H110BCl3F3N17O11S. The van der Waals surface area contributed by atoms with Gasteiger partial charge in [-0.3, -0.25) is 0 Å². The van der Waals surface area contributed by atoms with Crippen LogP contribution in [-0.4, -0.2) is 243 Å². The van der Waals surface area contributed by atoms with Gasteiger partial charge in [-0.1, -0.05) is 54.2 Å². The molecule has 608 valence electrons. The third kappa shape index (κ3) is 25.5. The number of benzene rings is 2. The van der Waals surface area contributed by atoms with Crippen molar-refractivity contribution in [2.24, 2.45) is 23.3 Å². The van der Waals surface area contributed by atoms with E-state index in [1.165, 1.54) is 4.90 Å². The summed E-state index contributed by atoms with van der Waals surface area (Å²) >= 11 is 11.9. The Morgan fingerprint density at radius 3 is 1.48 bits per heavy atom. The van der Waals surface area contributed by atoms with Crippen molar-refractivity contribution in [3.63, 3.8) is 0 Å². The molecule has 9 heterocycles. The van der Waals surface area contributed by atoms with Gasteiger partial charge in [-0.05, 0) is 159 Å². The number of ether oxygens (including phenoxy) is 3. The third-order valence-electron chi connectivity index (χ3n) is 21.4. The first-order valence-corrected chi connectivity index (χ1v) is 40.7. The Kier molecular flexibility index (Phi) is 31.4. The van der Waals surface area contributed by atoms with Crippen LogP contribution in [0.15, 0.2) is 59.8 Å². The molecule has 6 saturated heterocycles. The lowest BCUT2D eigenvalue weighted by Crippen LogP contribution is -2.41. The number of likely N-dealkylation sites (tertiary alicyclic amines) is 2. The summed E-state index contributed by atoms with van der Waals surface area (Å²) in [5.41, 5.74) is 16.1. The van der Waals surface area contributed by atoms with Crippen molar-refractivity contribution in [1.29, 1.82) is 0 Å². The molecule has 2 aromatic carbocycles. The highest BCUT2D eigenvalue weighted by Crippen LogP contribution is 2.38. The van der Waals surface area contributed by atoms with Crippen LogP contribution in [0.2, 0.25) is 10.3 Å². The number of aromatic nitrogens is 6. The predicted molar refractivity (Wildman–Crippen MR) is 425 cm³/mol. The number of aryl methyl sites for hydroxylation is 2. The van der Waals surface area contributed by atoms with E-state index in [0.717, 1.165) is 155 Å². The molecule has 9 aliphatic rings. The number of morpholine rings is 3. The number of carbonyl (C=O) groups excluding carboxylic acids is 2. The number of anilines is 7. The molecule has 36 heteroatoms. The van der Waals surface area contributed by atoms with E-state index in [2.05, 4.69) is 64.9 Å². The summed E-state index contributed by atoms with van der Waals surface area (Å²) in [6, 6.07) is 17.5. The number of sulfone groups is 1. The summed E-state index contributed by atoms with van der Waals surface area (Å²) in [5, 5.41) is 32.5. The number of halogens is 6. The van der Waals surface area contributed by atoms with Crippen LogP contribution in [0, 0.1) is 25.7 Å². The standard InChI is InChI=1S/C27H38N6O3.C20H28BF3N2O3.C13H19ClN4O2.C9H12ClN3O3S.C5H12N2.ClH/c1-3-19-8-9-33(17-19)27(35)29-21-5-4-18(2)23(15-21)24-16-25(32-10-12-36-13-11-32)31-26(30-24)28-20-6-7-22(34)14-20;1-13-6-7-15(10-16(13)21-28-18(2,3)19(4,5)29-21)25-17(27)26-9-8-14(12-26)11-20(22,23)24;14-11-8-12(18-3-5-20-6-4-18)17-13(16-11)15-9-1-2-10(19)7-9;1-17(14,15)9-11-7(10)6-8(12-9)13-2-4-16-5-3-13;6-4-1-2-5(7)3-4;/h4-5,15-16,19-20,22,34H,3,6-14,17H2,1-2H3,(H,29,35)(H,28,30,31);6-7,10,14H,8-9,11-12H2,1-5H3,(H,25,27);8-10,19H,1-7H2,(H,15,16,17);6H,2-5H2,1H3;4-5H,1-3,6-7H2;1H/t19-,20?,22?;14-;;;;/m10..../s1. The SMILES string of the molecule is CC[C@@H]1CCN(C(=O)Nc2ccc(C)c(-c3cc(N4CCOCC4)nc(NC4CCC(O)C4)n3)c2)C1.CS(=O)(=O)c1nc(Cl)cc(N2CCOCC2)n1.Cc1ccc(NC(=O)N2CC[C@@H](CC(F)(F)F)C2)cc1B1OC(C)(C)C(C)(C)O1.Cl.NC1CCC(N)C1.OC1CCC(Nc2nc(Cl)cc(N3CCOCC3)n2)C1. The summed E-state index contributed by atoms with van der Waals surface area (Å²) in [4.78, 5) is 61.2. The van der Waals surface area contributed by atoms with Crippen molar-refractivity contribution in [2.45, 2.75) is 191 Å². The first kappa shape index (κ1) is 87.5. The molecule has 0 bridgehead atoms. The molecule has 3 aromatic heterocycles. The number of nitrogens with one attached hydrogen (secondary N) is 4. The van der Waals surface area contributed by atoms with Gasteiger partial charge in [0.05, 0.1) is 68.7 Å². The minimum Gasteiger partial charge on any atom is -0.399 e. The molecule has 4 amide bonds. The molecule has 110 heavy (non-hydrogen) atoms. The Morgan fingerprint density at radius 1 is 0.591 bits per heavy atom. The lowest BCUT2D eigenvalue weighted by Gasteiger charge is -2.32. The molecule has 5 aromatic rings. The minimum atomic E-state index is -4.20. The number of nitrogens with two attached hydrogens (primary N) is 2. The topological polar surface area (TPSA) is 349 Å². The summed E-state index contributed by atoms with van der Waals surface area (Å²) in [6.07, 6.45) is 6.24. The fraction of sp³-hybridized carbons (Fsp3) is 0.649. The van der Waals surface area contributed by atoms with Crippen molar-refractivity contribution in [3.05, 3.63) is 76.0 Å². The largest absolute Gasteiger partial charge is 0.495 e. The van der Waals surface area contributed by atoms with Gasteiger partial charge in [0.15, 0.2) is 0 Å². The maximum atomic E-state index is 12.9. The van der Waals surface area contributed by atoms with Gasteiger partial charge in [-0.2, -0.15) is 23.1 Å². The Balaban J connectivity index is 0.000000169. The normalized spacial score (nSPS) is 24.3. The molecule has 3 aliphatic carbocycles. The van der Waals surface area contributed by atoms with Crippen molar-refractivity contribution >= 4 is 111 Å². The van der Waals surface area contributed by atoms with Crippen LogP contribution < -0.4 is 52.9 Å². The summed E-state index contributed by atoms with van der Waals surface area (Å²) in [5.74, 6) is 3.38. The van der Waals surface area contributed by atoms with Crippen molar-refractivity contribution in [2.75, 3.05) is 147 Å². The molecule has 28 nitrogen and oxygen atoms in total. The van der Waals surface area contributed by atoms with E-state index in [0.29, 0.717) is 119 Å². The number of amides is 4. The highest BCUT2D eigenvalue weighted by atomic mass is 35.5. The lowest BCUT2D eigenvalue weighted by molar-refractivity contribution is -0.143. The molecule has 9 fully saturated rings. The van der Waals surface area contributed by atoms with Crippen LogP contribution in [0.25, 0.3) is 11.3 Å². The Hall–Kier alpha value is -6.47. The average Bonchev–Trinajstić information content (AvgIpc) is 1.61. The highest BCUT2D eigenvalue weighted by molar-refractivity contribution is 7.90. The van der Waals surface area contributed by atoms with Crippen LogP contribution >= 0.6 is 35.6 Å². The quantitative estimate of drug-likeness (QED) is 0.0291. The zero-order chi connectivity index (χ0) is 78.4. The van der Waals surface area contributed by atoms with Crippen LogP contribution in [0.4, 0.5) is 63.5 Å². The summed E-state index contributed by atoms with van der Waals surface area (Å²) < 4.78 is 88.8. The molecule has 14 rings (SSSR count). The van der Waals surface area contributed by atoms with E-state index < -0.39 is 52.7 Å². The number of rotatable bonds is 14. The van der Waals surface area contributed by atoms with Crippen molar-refractivity contribution in [1.82, 2.24) is 39.7 Å². The average molecular weight is 1620 g/mol. The molecule has 8 atom stereocenters. The molecular weight excluding hydrogens is 1510 g/mol. The van der Waals surface area contributed by atoms with Crippen LogP contribution in [0.3, 0.4) is 0 Å². The number of nitrogens with zero attached hydrogens (tertiary/aromatic N) is 11. The lowest BCUT2D eigenvalue weighted by atomic mass is 9.76. The van der Waals surface area contributed by atoms with E-state index in [1.807, 2.05) is 74.8 Å². The zero-order valence-corrected chi connectivity index (χ0v) is 67.4. The second-order valence-electron chi connectivity index (χ2n) is 30.6. The predicted octanol–water partition coefficient (Wildman–Crippen LogP) is 9.89. The van der Waals surface area contributed by atoms with E-state index >= 15 is 0 Å². The fourth-order valence-electron chi connectivity index (χ4n) is 14.3. The maximum Gasteiger partial charge on any atom is 0.495 e. The number of alkyl halides is 3. The first-order chi connectivity index (χ1) is 51.7. The van der Waals surface area contributed by atoms with E-state index in [1.54, 1.807) is 24.3 Å². The van der Waals surface area contributed by atoms with Crippen LogP contribution in [0.5, 0.6) is 0 Å². The molecule has 0 radical (unpaired) electrons. The van der Waals surface area contributed by atoms with Gasteiger partial charge in [0, 0.05) is 137 Å². The highest BCUT2D eigenvalue weighted by Gasteiger charge is 2.52. The minimum absolute atomic E-state index is 0. The van der Waals surface area contributed by atoms with Crippen LogP contribution in [0.1, 0.15) is 129 Å². The van der Waals surface area contributed by atoms with Gasteiger partial charge in [0.25, 0.3) is 0 Å².